The molecule has 1 aromatic carbocycles. The first-order valence-electron chi connectivity index (χ1n) is 14.2. The Labute approximate surface area is 233 Å². The lowest BCUT2D eigenvalue weighted by molar-refractivity contribution is -0.146. The number of nitrogens with one attached hydrogen (secondary N) is 1. The summed E-state index contributed by atoms with van der Waals surface area (Å²) < 4.78 is 3.56. The van der Waals surface area contributed by atoms with Gasteiger partial charge in [0, 0.05) is 29.8 Å². The molecule has 0 bridgehead atoms. The van der Waals surface area contributed by atoms with Crippen molar-refractivity contribution in [2.75, 3.05) is 0 Å². The smallest absolute Gasteiger partial charge is 0.328 e. The van der Waals surface area contributed by atoms with Gasteiger partial charge in [0.05, 0.1) is 18.5 Å². The predicted octanol–water partition coefficient (Wildman–Crippen LogP) is 4.98. The third-order valence-corrected chi connectivity index (χ3v) is 8.31. The van der Waals surface area contributed by atoms with Crippen LogP contribution >= 0.6 is 0 Å². The van der Waals surface area contributed by atoms with Crippen LogP contribution in [0.3, 0.4) is 0 Å². The number of aromatic amines is 1. The van der Waals surface area contributed by atoms with Gasteiger partial charge in [-0.2, -0.15) is 5.21 Å². The zero-order valence-electron chi connectivity index (χ0n) is 23.3. The predicted molar refractivity (Wildman–Crippen MR) is 152 cm³/mol. The third kappa shape index (κ3) is 5.35. The second-order valence-corrected chi connectivity index (χ2v) is 11.1. The van der Waals surface area contributed by atoms with Gasteiger partial charge in [-0.1, -0.05) is 57.9 Å². The molecule has 3 heterocycles. The summed E-state index contributed by atoms with van der Waals surface area (Å²) in [6.07, 6.45) is 10.5. The molecule has 0 radical (unpaired) electrons. The van der Waals surface area contributed by atoms with Crippen LogP contribution in [-0.2, 0) is 17.8 Å². The van der Waals surface area contributed by atoms with Gasteiger partial charge in [-0.25, -0.2) is 4.79 Å². The van der Waals surface area contributed by atoms with Crippen molar-refractivity contribution in [3.63, 3.8) is 0 Å². The number of tetrazole rings is 1. The number of hydrogen-bond acceptors (Lipinski definition) is 6. The van der Waals surface area contributed by atoms with Crippen LogP contribution in [0.2, 0.25) is 0 Å². The number of hydrogen-bond donors (Lipinski definition) is 2. The minimum Gasteiger partial charge on any atom is -0.481 e. The number of H-pyrrole nitrogens is 1. The van der Waals surface area contributed by atoms with Gasteiger partial charge in [0.1, 0.15) is 0 Å². The van der Waals surface area contributed by atoms with Gasteiger partial charge >= 0.3 is 11.7 Å². The molecule has 3 aromatic heterocycles. The SMILES string of the molecule is CCCCc1cn(C2C(C(=O)O)CCCC2C(C)C)c(=O)n1Cc1cnccc1-c1ccccc1-c1nn[nH]n1. The number of imidazole rings is 1. The summed E-state index contributed by atoms with van der Waals surface area (Å²) in [5.74, 6) is -0.518. The van der Waals surface area contributed by atoms with E-state index in [9.17, 15) is 14.7 Å². The lowest BCUT2D eigenvalue weighted by Gasteiger charge is -2.38. The minimum atomic E-state index is -0.822. The number of aliphatic carboxylic acids is 1. The van der Waals surface area contributed by atoms with Gasteiger partial charge in [-0.15, -0.1) is 10.2 Å². The molecular weight excluding hydrogens is 506 g/mol. The second kappa shape index (κ2) is 12.0. The Morgan fingerprint density at radius 3 is 2.65 bits per heavy atom. The standard InChI is InChI=1S/C30H37N7O3/c1-4-5-9-21-18-37(27-22(19(2)3)12-8-13-26(27)29(38)39)30(40)36(21)17-20-16-31-15-14-23(20)24-10-6-7-11-25(24)28-32-34-35-33-28/h6-7,10-11,14-16,18-19,22,26-27H,4-5,8-9,12-13,17H2,1-3H3,(H,38,39)(H,32,33,34,35). The van der Waals surface area contributed by atoms with Crippen LogP contribution in [0.4, 0.5) is 0 Å². The highest BCUT2D eigenvalue weighted by atomic mass is 16.4. The molecule has 10 heteroatoms. The highest BCUT2D eigenvalue weighted by Gasteiger charge is 2.41. The van der Waals surface area contributed by atoms with Crippen LogP contribution in [0.15, 0.2) is 53.7 Å². The van der Waals surface area contributed by atoms with E-state index in [0.29, 0.717) is 18.8 Å². The van der Waals surface area contributed by atoms with Gasteiger partial charge in [-0.3, -0.25) is 18.9 Å². The number of pyridine rings is 1. The van der Waals surface area contributed by atoms with Crippen molar-refractivity contribution in [2.24, 2.45) is 17.8 Å². The molecule has 5 rings (SSSR count). The van der Waals surface area contributed by atoms with Crippen molar-refractivity contribution >= 4 is 5.97 Å². The largest absolute Gasteiger partial charge is 0.481 e. The summed E-state index contributed by atoms with van der Waals surface area (Å²) in [5, 5.41) is 24.7. The fraction of sp³-hybridized carbons (Fsp3) is 0.467. The Kier molecular flexibility index (Phi) is 8.23. The Morgan fingerprint density at radius 2 is 1.95 bits per heavy atom. The first-order chi connectivity index (χ1) is 19.4. The molecule has 0 spiro atoms. The molecule has 1 aliphatic carbocycles. The quantitative estimate of drug-likeness (QED) is 0.288. The van der Waals surface area contributed by atoms with Gasteiger partial charge < -0.3 is 5.11 Å². The highest BCUT2D eigenvalue weighted by Crippen LogP contribution is 2.42. The topological polar surface area (TPSA) is 132 Å². The molecule has 0 aliphatic heterocycles. The van der Waals surface area contributed by atoms with Crippen molar-refractivity contribution in [1.29, 1.82) is 0 Å². The average Bonchev–Trinajstić information content (AvgIpc) is 3.60. The van der Waals surface area contributed by atoms with Crippen LogP contribution in [-0.4, -0.2) is 45.8 Å². The van der Waals surface area contributed by atoms with Crippen LogP contribution in [0.25, 0.3) is 22.5 Å². The molecular formula is C30H37N7O3. The number of carboxylic acid groups (broad SMARTS) is 1. The maximum Gasteiger partial charge on any atom is 0.328 e. The Bertz CT molecular complexity index is 1510. The van der Waals surface area contributed by atoms with Crippen molar-refractivity contribution < 1.29 is 9.90 Å². The number of aromatic nitrogens is 7. The lowest BCUT2D eigenvalue weighted by atomic mass is 9.72. The fourth-order valence-corrected chi connectivity index (χ4v) is 6.27. The molecule has 1 aliphatic rings. The van der Waals surface area contributed by atoms with Gasteiger partial charge in [0.2, 0.25) is 5.82 Å². The van der Waals surface area contributed by atoms with Gasteiger partial charge in [-0.05, 0) is 65.5 Å². The summed E-state index contributed by atoms with van der Waals surface area (Å²) in [4.78, 5) is 30.9. The van der Waals surface area contributed by atoms with Crippen LogP contribution in [0.5, 0.6) is 0 Å². The zero-order chi connectivity index (χ0) is 28.2. The second-order valence-electron chi connectivity index (χ2n) is 11.1. The zero-order valence-corrected chi connectivity index (χ0v) is 23.3. The normalized spacial score (nSPS) is 19.2. The summed E-state index contributed by atoms with van der Waals surface area (Å²) in [6.45, 7) is 6.71. The number of aryl methyl sites for hydroxylation is 1. The number of benzene rings is 1. The Hall–Kier alpha value is -4.08. The molecule has 2 N–H and O–H groups in total. The highest BCUT2D eigenvalue weighted by molar-refractivity contribution is 5.81. The first-order valence-corrected chi connectivity index (χ1v) is 14.2. The summed E-state index contributed by atoms with van der Waals surface area (Å²) in [7, 11) is 0. The molecule has 0 saturated heterocycles. The van der Waals surface area contributed by atoms with E-state index in [2.05, 4.69) is 46.4 Å². The number of rotatable bonds is 10. The van der Waals surface area contributed by atoms with Gasteiger partial charge in [0.25, 0.3) is 0 Å². The van der Waals surface area contributed by atoms with E-state index in [1.165, 1.54) is 0 Å². The van der Waals surface area contributed by atoms with E-state index < -0.39 is 11.9 Å². The van der Waals surface area contributed by atoms with E-state index in [-0.39, 0.29) is 23.6 Å². The van der Waals surface area contributed by atoms with E-state index >= 15 is 0 Å². The number of carboxylic acids is 1. The summed E-state index contributed by atoms with van der Waals surface area (Å²) in [6, 6.07) is 9.41. The molecule has 0 amide bonds. The average molecular weight is 544 g/mol. The molecule has 3 atom stereocenters. The Morgan fingerprint density at radius 1 is 1.15 bits per heavy atom. The molecule has 1 fully saturated rings. The molecule has 40 heavy (non-hydrogen) atoms. The monoisotopic (exact) mass is 543 g/mol. The summed E-state index contributed by atoms with van der Waals surface area (Å²) >= 11 is 0. The summed E-state index contributed by atoms with van der Waals surface area (Å²) in [5.41, 5.74) is 4.32. The molecule has 1 saturated carbocycles. The van der Waals surface area contributed by atoms with E-state index in [0.717, 1.165) is 60.1 Å². The van der Waals surface area contributed by atoms with Crippen LogP contribution in [0.1, 0.15) is 70.2 Å². The van der Waals surface area contributed by atoms with E-state index in [1.54, 1.807) is 17.0 Å². The fourth-order valence-electron chi connectivity index (χ4n) is 6.27. The van der Waals surface area contributed by atoms with E-state index in [4.69, 9.17) is 0 Å². The van der Waals surface area contributed by atoms with Crippen LogP contribution in [0, 0.1) is 17.8 Å². The molecule has 3 unspecified atom stereocenters. The first kappa shape index (κ1) is 27.5. The number of unbranched alkanes of at least 4 members (excludes halogenated alkanes) is 1. The molecule has 210 valence electrons. The van der Waals surface area contributed by atoms with Crippen molar-refractivity contribution in [3.05, 3.63) is 70.7 Å². The molecule has 10 nitrogen and oxygen atoms in total. The molecule has 4 aromatic rings. The van der Waals surface area contributed by atoms with Crippen molar-refractivity contribution in [2.45, 2.75) is 71.9 Å². The van der Waals surface area contributed by atoms with Crippen LogP contribution < -0.4 is 5.69 Å². The Balaban J connectivity index is 1.61. The van der Waals surface area contributed by atoms with Gasteiger partial charge in [0.15, 0.2) is 0 Å². The van der Waals surface area contributed by atoms with Crippen molar-refractivity contribution in [1.82, 2.24) is 34.7 Å². The minimum absolute atomic E-state index is 0.123. The third-order valence-electron chi connectivity index (χ3n) is 8.31. The number of carbonyl (C=O) groups is 1. The number of nitrogens with zero attached hydrogens (tertiary/aromatic N) is 6. The maximum atomic E-state index is 14.2. The maximum absolute atomic E-state index is 14.2. The lowest BCUT2D eigenvalue weighted by Crippen LogP contribution is -2.42. The van der Waals surface area contributed by atoms with Crippen molar-refractivity contribution in [3.8, 4) is 22.5 Å². The van der Waals surface area contributed by atoms with E-state index in [1.807, 2.05) is 41.1 Å².